The zero-order chi connectivity index (χ0) is 18.1. The van der Waals surface area contributed by atoms with E-state index >= 15 is 0 Å². The highest BCUT2D eigenvalue weighted by Gasteiger charge is 2.28. The van der Waals surface area contributed by atoms with Gasteiger partial charge in [0, 0.05) is 36.0 Å². The molecule has 1 aliphatic rings. The third-order valence-corrected chi connectivity index (χ3v) is 6.21. The molecule has 0 unspecified atom stereocenters. The number of rotatable bonds is 3. The zero-order valence-electron chi connectivity index (χ0n) is 14.3. The van der Waals surface area contributed by atoms with Gasteiger partial charge in [0.1, 0.15) is 10.7 Å². The second-order valence-corrected chi connectivity index (χ2v) is 8.02. The number of nitrogens with one attached hydrogen (secondary N) is 1. The first-order chi connectivity index (χ1) is 12.6. The molecule has 1 amide bonds. The summed E-state index contributed by atoms with van der Waals surface area (Å²) in [5.41, 5.74) is 3.96. The maximum absolute atomic E-state index is 12.8. The quantitative estimate of drug-likeness (QED) is 0.749. The Hall–Kier alpha value is -2.32. The van der Waals surface area contributed by atoms with Gasteiger partial charge in [0.2, 0.25) is 0 Å². The van der Waals surface area contributed by atoms with E-state index in [1.807, 2.05) is 28.7 Å². The Kier molecular flexibility index (Phi) is 4.69. The number of aromatic nitrogens is 3. The molecule has 0 aliphatic carbocycles. The summed E-state index contributed by atoms with van der Waals surface area (Å²) < 4.78 is 0. The van der Waals surface area contributed by atoms with Crippen molar-refractivity contribution in [1.29, 1.82) is 0 Å². The van der Waals surface area contributed by atoms with Crippen molar-refractivity contribution in [3.05, 3.63) is 55.2 Å². The molecule has 3 aromatic rings. The Morgan fingerprint density at radius 1 is 1.42 bits per heavy atom. The molecular formula is C18H18N4O2S2. The van der Waals surface area contributed by atoms with Crippen LogP contribution in [0.3, 0.4) is 0 Å². The van der Waals surface area contributed by atoms with Crippen LogP contribution in [0.4, 0.5) is 0 Å². The van der Waals surface area contributed by atoms with Crippen LogP contribution in [0.1, 0.15) is 39.9 Å². The fourth-order valence-electron chi connectivity index (χ4n) is 3.26. The van der Waals surface area contributed by atoms with Crippen molar-refractivity contribution in [3.63, 3.8) is 0 Å². The molecule has 0 bridgehead atoms. The molecule has 26 heavy (non-hydrogen) atoms. The summed E-state index contributed by atoms with van der Waals surface area (Å²) in [5, 5.41) is 3.95. The van der Waals surface area contributed by atoms with Crippen molar-refractivity contribution in [1.82, 2.24) is 19.9 Å². The molecule has 4 heterocycles. The lowest BCUT2D eigenvalue weighted by Crippen LogP contribution is -2.39. The van der Waals surface area contributed by atoms with Crippen LogP contribution in [0, 0.1) is 6.92 Å². The molecule has 6 nitrogen and oxygen atoms in total. The summed E-state index contributed by atoms with van der Waals surface area (Å²) in [6.45, 7) is 3.14. The smallest absolute Gasteiger partial charge is 0.265 e. The summed E-state index contributed by atoms with van der Waals surface area (Å²) in [4.78, 5) is 39.2. The van der Waals surface area contributed by atoms with E-state index in [-0.39, 0.29) is 17.4 Å². The number of H-pyrrole nitrogens is 1. The van der Waals surface area contributed by atoms with Crippen molar-refractivity contribution in [2.75, 3.05) is 13.1 Å². The number of aromatic amines is 1. The number of amides is 1. The summed E-state index contributed by atoms with van der Waals surface area (Å²) in [6.07, 6.45) is 1.79. The van der Waals surface area contributed by atoms with Gasteiger partial charge < -0.3 is 9.88 Å². The summed E-state index contributed by atoms with van der Waals surface area (Å²) >= 11 is 2.95. The van der Waals surface area contributed by atoms with E-state index in [4.69, 9.17) is 0 Å². The van der Waals surface area contributed by atoms with Crippen LogP contribution in [-0.4, -0.2) is 38.8 Å². The van der Waals surface area contributed by atoms with Gasteiger partial charge in [0.05, 0.1) is 16.9 Å². The Morgan fingerprint density at radius 2 is 2.31 bits per heavy atom. The molecule has 0 saturated carbocycles. The van der Waals surface area contributed by atoms with Gasteiger partial charge in [-0.2, -0.15) is 11.3 Å². The second kappa shape index (κ2) is 7.13. The summed E-state index contributed by atoms with van der Waals surface area (Å²) in [6, 6.07) is 3.48. The van der Waals surface area contributed by atoms with Crippen LogP contribution in [0.25, 0.3) is 11.3 Å². The summed E-state index contributed by atoms with van der Waals surface area (Å²) in [7, 11) is 0. The Balaban J connectivity index is 1.59. The molecule has 1 N–H and O–H groups in total. The van der Waals surface area contributed by atoms with Crippen LogP contribution in [0.5, 0.6) is 0 Å². The highest BCUT2D eigenvalue weighted by molar-refractivity contribution is 7.11. The van der Waals surface area contributed by atoms with Gasteiger partial charge in [-0.1, -0.05) is 0 Å². The monoisotopic (exact) mass is 386 g/mol. The minimum absolute atomic E-state index is 0.0195. The maximum Gasteiger partial charge on any atom is 0.265 e. The van der Waals surface area contributed by atoms with E-state index in [2.05, 4.69) is 15.0 Å². The van der Waals surface area contributed by atoms with Crippen molar-refractivity contribution >= 4 is 28.6 Å². The first kappa shape index (κ1) is 17.1. The SMILES string of the molecule is Cc1ncsc1C(=O)N1CCC[C@@H](c2nc(-c3ccsc3)cc(=O)[nH]2)C1. The number of likely N-dealkylation sites (tertiary alicyclic amines) is 1. The predicted octanol–water partition coefficient (Wildman–Crippen LogP) is 3.28. The molecule has 134 valence electrons. The third-order valence-electron chi connectivity index (χ3n) is 4.61. The fraction of sp³-hybridized carbons (Fsp3) is 0.333. The lowest BCUT2D eigenvalue weighted by molar-refractivity contribution is 0.0708. The molecule has 3 aromatic heterocycles. The van der Waals surface area contributed by atoms with Gasteiger partial charge in [-0.3, -0.25) is 9.59 Å². The molecule has 8 heteroatoms. The normalized spacial score (nSPS) is 17.4. The number of thiazole rings is 1. The number of nitrogens with zero attached hydrogens (tertiary/aromatic N) is 3. The van der Waals surface area contributed by atoms with Crippen molar-refractivity contribution in [2.24, 2.45) is 0 Å². The lowest BCUT2D eigenvalue weighted by Gasteiger charge is -2.32. The fourth-order valence-corrected chi connectivity index (χ4v) is 4.68. The molecular weight excluding hydrogens is 368 g/mol. The second-order valence-electron chi connectivity index (χ2n) is 6.39. The minimum atomic E-state index is -0.155. The van der Waals surface area contributed by atoms with Crippen LogP contribution in [-0.2, 0) is 0 Å². The third kappa shape index (κ3) is 3.34. The molecule has 1 atom stereocenters. The van der Waals surface area contributed by atoms with Gasteiger partial charge in [-0.15, -0.1) is 11.3 Å². The molecule has 1 aliphatic heterocycles. The van der Waals surface area contributed by atoms with E-state index in [9.17, 15) is 9.59 Å². The first-order valence-electron chi connectivity index (χ1n) is 8.45. The standard InChI is InChI=1S/C18H18N4O2S2/c1-11-16(26-10-19-11)18(24)22-5-2-3-12(8-22)17-20-14(7-15(23)21-17)13-4-6-25-9-13/h4,6-7,9-10,12H,2-3,5,8H2,1H3,(H,20,21,23)/t12-/m1/s1. The number of carbonyl (C=O) groups is 1. The van der Waals surface area contributed by atoms with Crippen molar-refractivity contribution < 1.29 is 4.79 Å². The zero-order valence-corrected chi connectivity index (χ0v) is 15.9. The average Bonchev–Trinajstić information content (AvgIpc) is 3.32. The van der Waals surface area contributed by atoms with Crippen molar-refractivity contribution in [3.8, 4) is 11.3 Å². The van der Waals surface area contributed by atoms with E-state index in [0.29, 0.717) is 22.9 Å². The van der Waals surface area contributed by atoms with Crippen LogP contribution < -0.4 is 5.56 Å². The number of aryl methyl sites for hydroxylation is 1. The topological polar surface area (TPSA) is 79.0 Å². The number of thiophene rings is 1. The largest absolute Gasteiger partial charge is 0.337 e. The molecule has 1 fully saturated rings. The van der Waals surface area contributed by atoms with E-state index in [0.717, 1.165) is 30.6 Å². The maximum atomic E-state index is 12.8. The molecule has 4 rings (SSSR count). The van der Waals surface area contributed by atoms with E-state index in [1.165, 1.54) is 17.4 Å². The van der Waals surface area contributed by atoms with Crippen LogP contribution >= 0.6 is 22.7 Å². The first-order valence-corrected chi connectivity index (χ1v) is 10.3. The van der Waals surface area contributed by atoms with Gasteiger partial charge in [0.15, 0.2) is 0 Å². The van der Waals surface area contributed by atoms with Crippen LogP contribution in [0.2, 0.25) is 0 Å². The molecule has 1 saturated heterocycles. The molecule has 0 radical (unpaired) electrons. The Morgan fingerprint density at radius 3 is 3.04 bits per heavy atom. The molecule has 0 spiro atoms. The Bertz CT molecular complexity index is 977. The average molecular weight is 387 g/mol. The van der Waals surface area contributed by atoms with Crippen molar-refractivity contribution in [2.45, 2.75) is 25.7 Å². The predicted molar refractivity (Wildman–Crippen MR) is 103 cm³/mol. The Labute approximate surface area is 158 Å². The summed E-state index contributed by atoms with van der Waals surface area (Å²) in [5.74, 6) is 0.718. The number of carbonyl (C=O) groups excluding carboxylic acids is 1. The van der Waals surface area contributed by atoms with E-state index in [1.54, 1.807) is 16.8 Å². The molecule has 0 aromatic carbocycles. The highest BCUT2D eigenvalue weighted by Crippen LogP contribution is 2.28. The van der Waals surface area contributed by atoms with Gasteiger partial charge in [-0.25, -0.2) is 9.97 Å². The number of piperidine rings is 1. The highest BCUT2D eigenvalue weighted by atomic mass is 32.1. The van der Waals surface area contributed by atoms with Gasteiger partial charge in [0.25, 0.3) is 11.5 Å². The van der Waals surface area contributed by atoms with Gasteiger partial charge in [-0.05, 0) is 31.2 Å². The van der Waals surface area contributed by atoms with Gasteiger partial charge >= 0.3 is 0 Å². The minimum Gasteiger partial charge on any atom is -0.337 e. The number of hydrogen-bond donors (Lipinski definition) is 1. The number of hydrogen-bond acceptors (Lipinski definition) is 6. The van der Waals surface area contributed by atoms with E-state index < -0.39 is 0 Å². The lowest BCUT2D eigenvalue weighted by atomic mass is 9.96. The van der Waals surface area contributed by atoms with Crippen LogP contribution in [0.15, 0.2) is 33.2 Å².